The number of aryl methyl sites for hydroxylation is 1. The minimum Gasteiger partial charge on any atom is -0.383 e. The van der Waals surface area contributed by atoms with Crippen LogP contribution in [-0.4, -0.2) is 79.1 Å². The van der Waals surface area contributed by atoms with Crippen LogP contribution in [0, 0.1) is 5.95 Å². The molecule has 0 radical (unpaired) electrons. The minimum absolute atomic E-state index is 0.101. The van der Waals surface area contributed by atoms with Crippen LogP contribution < -0.4 is 16.1 Å². The molecule has 2 amide bonds. The molecular weight excluding hydrogens is 559 g/mol. The number of H-pyrrole nitrogens is 1. The molecule has 14 heteroatoms. The van der Waals surface area contributed by atoms with Gasteiger partial charge in [0.25, 0.3) is 11.5 Å². The van der Waals surface area contributed by atoms with Gasteiger partial charge in [-0.2, -0.15) is 4.39 Å². The molecule has 0 bridgehead atoms. The maximum absolute atomic E-state index is 13.5. The van der Waals surface area contributed by atoms with Crippen LogP contribution in [0.25, 0.3) is 22.6 Å². The van der Waals surface area contributed by atoms with Crippen molar-refractivity contribution in [1.29, 1.82) is 0 Å². The fourth-order valence-electron chi connectivity index (χ4n) is 5.25. The van der Waals surface area contributed by atoms with Crippen LogP contribution in [0.2, 0.25) is 0 Å². The second-order valence-electron chi connectivity index (χ2n) is 10.2. The quantitative estimate of drug-likeness (QED) is 0.246. The van der Waals surface area contributed by atoms with E-state index in [0.29, 0.717) is 61.7 Å². The number of rotatable bonds is 12. The highest BCUT2D eigenvalue weighted by molar-refractivity contribution is 6.05. The number of pyridine rings is 2. The molecule has 226 valence electrons. The van der Waals surface area contributed by atoms with Gasteiger partial charge in [0.1, 0.15) is 11.6 Å². The maximum atomic E-state index is 13.5. The summed E-state index contributed by atoms with van der Waals surface area (Å²) in [6.07, 6.45) is 5.32. The van der Waals surface area contributed by atoms with Gasteiger partial charge in [-0.1, -0.05) is 6.92 Å². The lowest BCUT2D eigenvalue weighted by atomic mass is 10.2. The standard InChI is InChI=1S/C29H33FN8O5/c1-3-11-37-25(33-24-26(40)34-29(42)38(27(24)37)15-16-43-2)19-8-10-22(32-17-19)36(14-5-13-35-12-4-6-23(35)39)28(41)20-7-9-21(30)31-18-20/h7-10,17-18H,3-6,11-16H2,1-2H3,(H,34,40,42). The number of imidazole rings is 1. The average Bonchev–Trinajstić information content (AvgIpc) is 3.59. The number of nitrogens with zero attached hydrogens (tertiary/aromatic N) is 7. The summed E-state index contributed by atoms with van der Waals surface area (Å²) in [5.74, 6) is -0.207. The molecule has 0 saturated carbocycles. The molecule has 0 spiro atoms. The van der Waals surface area contributed by atoms with E-state index in [9.17, 15) is 23.6 Å². The molecule has 1 aliphatic heterocycles. The molecule has 0 atom stereocenters. The summed E-state index contributed by atoms with van der Waals surface area (Å²) in [5, 5.41) is 0. The first-order chi connectivity index (χ1) is 20.8. The Kier molecular flexibility index (Phi) is 9.04. The summed E-state index contributed by atoms with van der Waals surface area (Å²) in [4.78, 5) is 69.3. The third-order valence-corrected chi connectivity index (χ3v) is 7.33. The normalized spacial score (nSPS) is 13.3. The van der Waals surface area contributed by atoms with Crippen LogP contribution in [0.5, 0.6) is 0 Å². The van der Waals surface area contributed by atoms with E-state index < -0.39 is 23.1 Å². The first-order valence-corrected chi connectivity index (χ1v) is 14.2. The fourth-order valence-corrected chi connectivity index (χ4v) is 5.25. The summed E-state index contributed by atoms with van der Waals surface area (Å²) >= 11 is 0. The second kappa shape index (κ2) is 13.1. The van der Waals surface area contributed by atoms with Gasteiger partial charge in [-0.3, -0.25) is 28.8 Å². The summed E-state index contributed by atoms with van der Waals surface area (Å²) in [5.41, 5.74) is 0.158. The van der Waals surface area contributed by atoms with Crippen molar-refractivity contribution in [2.75, 3.05) is 38.3 Å². The number of hydrogen-bond acceptors (Lipinski definition) is 8. The Bertz CT molecular complexity index is 1730. The maximum Gasteiger partial charge on any atom is 0.330 e. The zero-order chi connectivity index (χ0) is 30.5. The van der Waals surface area contributed by atoms with Crippen LogP contribution in [0.15, 0.2) is 46.2 Å². The molecule has 0 aromatic carbocycles. The first-order valence-electron chi connectivity index (χ1n) is 14.2. The zero-order valence-electron chi connectivity index (χ0n) is 24.1. The van der Waals surface area contributed by atoms with Crippen molar-refractivity contribution in [2.45, 2.75) is 45.7 Å². The Labute approximate surface area is 246 Å². The monoisotopic (exact) mass is 592 g/mol. The van der Waals surface area contributed by atoms with Gasteiger partial charge >= 0.3 is 5.69 Å². The van der Waals surface area contributed by atoms with E-state index in [2.05, 4.69) is 19.9 Å². The van der Waals surface area contributed by atoms with E-state index in [0.717, 1.165) is 12.5 Å². The SMILES string of the molecule is CCCn1c(-c2ccc(N(CCCN3CCCC3=O)C(=O)c3ccc(F)nc3)nc2)nc2c(=O)[nH]c(=O)n(CCOC)c21. The van der Waals surface area contributed by atoms with Gasteiger partial charge in [0.15, 0.2) is 11.2 Å². The number of carbonyl (C=O) groups is 2. The summed E-state index contributed by atoms with van der Waals surface area (Å²) < 4.78 is 21.9. The van der Waals surface area contributed by atoms with E-state index in [-0.39, 0.29) is 36.7 Å². The molecule has 4 aromatic heterocycles. The third-order valence-electron chi connectivity index (χ3n) is 7.33. The number of likely N-dealkylation sites (tertiary alicyclic amines) is 1. The van der Waals surface area contributed by atoms with Gasteiger partial charge in [-0.25, -0.2) is 19.7 Å². The highest BCUT2D eigenvalue weighted by atomic mass is 19.1. The largest absolute Gasteiger partial charge is 0.383 e. The topological polar surface area (TPSA) is 148 Å². The molecular formula is C29H33FN8O5. The van der Waals surface area contributed by atoms with Gasteiger partial charge in [-0.05, 0) is 43.5 Å². The number of amides is 2. The van der Waals surface area contributed by atoms with Crippen molar-refractivity contribution in [2.24, 2.45) is 0 Å². The number of methoxy groups -OCH3 is 1. The smallest absolute Gasteiger partial charge is 0.330 e. The van der Waals surface area contributed by atoms with E-state index in [1.807, 2.05) is 11.5 Å². The number of hydrogen-bond donors (Lipinski definition) is 1. The highest BCUT2D eigenvalue weighted by Crippen LogP contribution is 2.25. The predicted octanol–water partition coefficient (Wildman–Crippen LogP) is 2.20. The Morgan fingerprint density at radius 1 is 1.07 bits per heavy atom. The van der Waals surface area contributed by atoms with Crippen LogP contribution >= 0.6 is 0 Å². The molecule has 43 heavy (non-hydrogen) atoms. The molecule has 5 rings (SSSR count). The Morgan fingerprint density at radius 3 is 2.56 bits per heavy atom. The molecule has 1 saturated heterocycles. The van der Waals surface area contributed by atoms with E-state index in [4.69, 9.17) is 4.74 Å². The summed E-state index contributed by atoms with van der Waals surface area (Å²) in [6.45, 7) is 4.43. The van der Waals surface area contributed by atoms with Crippen molar-refractivity contribution in [3.63, 3.8) is 0 Å². The van der Waals surface area contributed by atoms with E-state index in [1.54, 1.807) is 23.2 Å². The van der Waals surface area contributed by atoms with E-state index in [1.165, 1.54) is 28.8 Å². The lowest BCUT2D eigenvalue weighted by Crippen LogP contribution is -2.35. The third kappa shape index (κ3) is 6.23. The average molecular weight is 593 g/mol. The van der Waals surface area contributed by atoms with Gasteiger partial charge < -0.3 is 14.2 Å². The van der Waals surface area contributed by atoms with Gasteiger partial charge in [0.2, 0.25) is 11.9 Å². The number of fused-ring (bicyclic) bond motifs is 1. The van der Waals surface area contributed by atoms with Crippen LogP contribution in [0.3, 0.4) is 0 Å². The fraction of sp³-hybridized carbons (Fsp3) is 0.414. The number of carbonyl (C=O) groups excluding carboxylic acids is 2. The summed E-state index contributed by atoms with van der Waals surface area (Å²) in [7, 11) is 1.53. The van der Waals surface area contributed by atoms with Crippen molar-refractivity contribution in [3.05, 3.63) is 69.0 Å². The number of anilines is 1. The molecule has 13 nitrogen and oxygen atoms in total. The predicted molar refractivity (Wildman–Crippen MR) is 156 cm³/mol. The van der Waals surface area contributed by atoms with Gasteiger partial charge in [-0.15, -0.1) is 0 Å². The molecule has 0 aliphatic carbocycles. The Balaban J connectivity index is 1.50. The van der Waals surface area contributed by atoms with Gasteiger partial charge in [0, 0.05) is 57.7 Å². The number of halogens is 1. The van der Waals surface area contributed by atoms with Gasteiger partial charge in [0.05, 0.1) is 18.7 Å². The van der Waals surface area contributed by atoms with Crippen molar-refractivity contribution in [3.8, 4) is 11.4 Å². The molecule has 1 fully saturated rings. The van der Waals surface area contributed by atoms with Crippen LogP contribution in [0.1, 0.15) is 43.0 Å². The number of aromatic amines is 1. The van der Waals surface area contributed by atoms with Crippen molar-refractivity contribution < 1.29 is 18.7 Å². The number of nitrogens with one attached hydrogen (secondary N) is 1. The lowest BCUT2D eigenvalue weighted by molar-refractivity contribution is -0.127. The Hall–Kier alpha value is -4.72. The molecule has 4 aromatic rings. The molecule has 5 heterocycles. The minimum atomic E-state index is -0.695. The lowest BCUT2D eigenvalue weighted by Gasteiger charge is -2.23. The highest BCUT2D eigenvalue weighted by Gasteiger charge is 2.24. The zero-order valence-corrected chi connectivity index (χ0v) is 24.1. The van der Waals surface area contributed by atoms with Crippen molar-refractivity contribution >= 4 is 28.8 Å². The van der Waals surface area contributed by atoms with Crippen LogP contribution in [0.4, 0.5) is 10.2 Å². The van der Waals surface area contributed by atoms with E-state index >= 15 is 0 Å². The van der Waals surface area contributed by atoms with Crippen molar-refractivity contribution in [1.82, 2.24) is 34.0 Å². The molecule has 1 aliphatic rings. The number of aromatic nitrogens is 6. The Morgan fingerprint density at radius 2 is 1.91 bits per heavy atom. The molecule has 0 unspecified atom stereocenters. The second-order valence-corrected chi connectivity index (χ2v) is 10.2. The summed E-state index contributed by atoms with van der Waals surface area (Å²) in [6, 6.07) is 5.90. The molecule has 1 N–H and O–H groups in total. The first kappa shape index (κ1) is 29.8. The number of ether oxygens (including phenoxy) is 1. The van der Waals surface area contributed by atoms with Crippen LogP contribution in [-0.2, 0) is 22.6 Å².